The zero-order valence-electron chi connectivity index (χ0n) is 15.6. The van der Waals surface area contributed by atoms with E-state index in [0.717, 1.165) is 11.3 Å². The van der Waals surface area contributed by atoms with Crippen molar-refractivity contribution in [3.05, 3.63) is 41.3 Å². The summed E-state index contributed by atoms with van der Waals surface area (Å²) in [4.78, 5) is 14.3. The molecule has 0 spiro atoms. The molecule has 0 atom stereocenters. The van der Waals surface area contributed by atoms with E-state index in [1.165, 1.54) is 4.31 Å². The van der Waals surface area contributed by atoms with Crippen LogP contribution in [0.1, 0.15) is 17.0 Å². The van der Waals surface area contributed by atoms with Gasteiger partial charge in [-0.05, 0) is 31.5 Å². The summed E-state index contributed by atoms with van der Waals surface area (Å²) in [6.07, 6.45) is 0.278. The van der Waals surface area contributed by atoms with Gasteiger partial charge in [-0.15, -0.1) is 0 Å². The summed E-state index contributed by atoms with van der Waals surface area (Å²) in [6.45, 7) is 4.41. The Morgan fingerprint density at radius 3 is 2.30 bits per heavy atom. The van der Waals surface area contributed by atoms with Gasteiger partial charge in [-0.2, -0.15) is 4.31 Å². The van der Waals surface area contributed by atoms with Crippen molar-refractivity contribution in [3.8, 4) is 5.75 Å². The minimum Gasteiger partial charge on any atom is -0.497 e. The summed E-state index contributed by atoms with van der Waals surface area (Å²) >= 11 is 0. The molecule has 9 heteroatoms. The van der Waals surface area contributed by atoms with Gasteiger partial charge < -0.3 is 14.2 Å². The fourth-order valence-corrected chi connectivity index (χ4v) is 4.89. The zero-order chi connectivity index (χ0) is 19.6. The average Bonchev–Trinajstić information content (AvgIpc) is 3.01. The number of hydrogen-bond acceptors (Lipinski definition) is 6. The van der Waals surface area contributed by atoms with Gasteiger partial charge in [0.1, 0.15) is 16.3 Å². The Balaban J connectivity index is 1.62. The first-order valence-electron chi connectivity index (χ1n) is 8.66. The molecule has 27 heavy (non-hydrogen) atoms. The lowest BCUT2D eigenvalue weighted by molar-refractivity contribution is -0.131. The number of ether oxygens (including phenoxy) is 1. The minimum atomic E-state index is -3.67. The third kappa shape index (κ3) is 3.98. The van der Waals surface area contributed by atoms with Crippen molar-refractivity contribution in [1.82, 2.24) is 14.4 Å². The van der Waals surface area contributed by atoms with Crippen molar-refractivity contribution < 1.29 is 22.5 Å². The first-order valence-corrected chi connectivity index (χ1v) is 10.1. The van der Waals surface area contributed by atoms with Crippen LogP contribution in [-0.2, 0) is 21.2 Å². The van der Waals surface area contributed by atoms with Gasteiger partial charge in [0.15, 0.2) is 5.76 Å². The van der Waals surface area contributed by atoms with Crippen LogP contribution in [-0.4, -0.2) is 62.0 Å². The minimum absolute atomic E-state index is 0.0189. The van der Waals surface area contributed by atoms with Crippen molar-refractivity contribution in [3.63, 3.8) is 0 Å². The second kappa shape index (κ2) is 7.69. The molecule has 0 bridgehead atoms. The van der Waals surface area contributed by atoms with Crippen LogP contribution in [0.4, 0.5) is 0 Å². The van der Waals surface area contributed by atoms with Crippen molar-refractivity contribution in [2.45, 2.75) is 25.2 Å². The highest BCUT2D eigenvalue weighted by Gasteiger charge is 2.34. The number of methoxy groups -OCH3 is 1. The fourth-order valence-electron chi connectivity index (χ4n) is 3.18. The standard InChI is InChI=1S/C18H23N3O5S/c1-13-18(14(2)26-19-13)27(23,24)21-10-8-20(9-11-21)17(22)12-15-4-6-16(25-3)7-5-15/h4-7H,8-12H2,1-3H3. The molecular weight excluding hydrogens is 370 g/mol. The van der Waals surface area contributed by atoms with Gasteiger partial charge in [0.2, 0.25) is 15.9 Å². The summed E-state index contributed by atoms with van der Waals surface area (Å²) in [5.74, 6) is 1.00. The van der Waals surface area contributed by atoms with Crippen molar-refractivity contribution >= 4 is 15.9 Å². The summed E-state index contributed by atoms with van der Waals surface area (Å²) < 4.78 is 37.1. The molecule has 146 valence electrons. The topological polar surface area (TPSA) is 93.0 Å². The molecule has 2 heterocycles. The van der Waals surface area contributed by atoms with Gasteiger partial charge in [-0.25, -0.2) is 8.42 Å². The summed E-state index contributed by atoms with van der Waals surface area (Å²) in [5.41, 5.74) is 1.25. The van der Waals surface area contributed by atoms with Crippen molar-refractivity contribution in [1.29, 1.82) is 0 Å². The van der Waals surface area contributed by atoms with Gasteiger partial charge in [0.05, 0.1) is 13.5 Å². The maximum absolute atomic E-state index is 12.8. The van der Waals surface area contributed by atoms with Crippen LogP contribution in [0.25, 0.3) is 0 Å². The van der Waals surface area contributed by atoms with E-state index in [1.54, 1.807) is 25.9 Å². The molecule has 1 aliphatic heterocycles. The van der Waals surface area contributed by atoms with Crippen molar-refractivity contribution in [2.75, 3.05) is 33.3 Å². The van der Waals surface area contributed by atoms with E-state index < -0.39 is 10.0 Å². The van der Waals surface area contributed by atoms with Crippen LogP contribution in [0.15, 0.2) is 33.7 Å². The third-order valence-corrected chi connectivity index (χ3v) is 6.82. The van der Waals surface area contributed by atoms with E-state index in [1.807, 2.05) is 24.3 Å². The van der Waals surface area contributed by atoms with Crippen LogP contribution in [0.2, 0.25) is 0 Å². The van der Waals surface area contributed by atoms with Crippen molar-refractivity contribution in [2.24, 2.45) is 0 Å². The molecule has 0 aliphatic carbocycles. The fraction of sp³-hybridized carbons (Fsp3) is 0.444. The molecule has 0 saturated carbocycles. The largest absolute Gasteiger partial charge is 0.497 e. The van der Waals surface area contributed by atoms with E-state index >= 15 is 0 Å². The number of aromatic nitrogens is 1. The van der Waals surface area contributed by atoms with Gasteiger partial charge in [-0.1, -0.05) is 17.3 Å². The van der Waals surface area contributed by atoms with Crippen LogP contribution < -0.4 is 4.74 Å². The first-order chi connectivity index (χ1) is 12.8. The Hall–Kier alpha value is -2.39. The van der Waals surface area contributed by atoms with Gasteiger partial charge in [0.25, 0.3) is 0 Å². The van der Waals surface area contributed by atoms with Crippen LogP contribution in [0.5, 0.6) is 5.75 Å². The van der Waals surface area contributed by atoms with E-state index in [0.29, 0.717) is 18.8 Å². The lowest BCUT2D eigenvalue weighted by Crippen LogP contribution is -2.51. The number of piperazine rings is 1. The monoisotopic (exact) mass is 393 g/mol. The molecule has 1 saturated heterocycles. The molecule has 1 fully saturated rings. The molecule has 0 N–H and O–H groups in total. The molecule has 1 amide bonds. The Labute approximate surface area is 158 Å². The molecule has 0 unspecified atom stereocenters. The van der Waals surface area contributed by atoms with E-state index in [2.05, 4.69) is 5.16 Å². The Morgan fingerprint density at radius 1 is 1.15 bits per heavy atom. The lowest BCUT2D eigenvalue weighted by Gasteiger charge is -2.34. The number of rotatable bonds is 5. The normalized spacial score (nSPS) is 15.7. The smallest absolute Gasteiger partial charge is 0.248 e. The van der Waals surface area contributed by atoms with E-state index in [-0.39, 0.29) is 36.1 Å². The highest BCUT2D eigenvalue weighted by Crippen LogP contribution is 2.24. The predicted octanol–water partition coefficient (Wildman–Crippen LogP) is 1.38. The molecule has 1 aromatic carbocycles. The van der Waals surface area contributed by atoms with Crippen LogP contribution in [0.3, 0.4) is 0 Å². The number of sulfonamides is 1. The molecule has 8 nitrogen and oxygen atoms in total. The van der Waals surface area contributed by atoms with Crippen LogP contribution >= 0.6 is 0 Å². The number of aryl methyl sites for hydroxylation is 2. The number of hydrogen-bond donors (Lipinski definition) is 0. The number of benzene rings is 1. The maximum atomic E-state index is 12.8. The van der Waals surface area contributed by atoms with Gasteiger partial charge in [0, 0.05) is 26.2 Å². The number of carbonyl (C=O) groups is 1. The van der Waals surface area contributed by atoms with E-state index in [9.17, 15) is 13.2 Å². The second-order valence-corrected chi connectivity index (χ2v) is 8.34. The molecule has 1 aliphatic rings. The zero-order valence-corrected chi connectivity index (χ0v) is 16.5. The maximum Gasteiger partial charge on any atom is 0.248 e. The molecule has 0 radical (unpaired) electrons. The predicted molar refractivity (Wildman–Crippen MR) is 98.0 cm³/mol. The molecule has 2 aromatic rings. The third-order valence-electron chi connectivity index (χ3n) is 4.67. The quantitative estimate of drug-likeness (QED) is 0.762. The summed E-state index contributed by atoms with van der Waals surface area (Å²) in [5, 5.41) is 3.73. The Bertz CT molecular complexity index is 893. The SMILES string of the molecule is COc1ccc(CC(=O)N2CCN(S(=O)(=O)c3c(C)noc3C)CC2)cc1. The van der Waals surface area contributed by atoms with Gasteiger partial charge in [-0.3, -0.25) is 4.79 Å². The average molecular weight is 393 g/mol. The van der Waals surface area contributed by atoms with Crippen LogP contribution in [0, 0.1) is 13.8 Å². The molecule has 1 aromatic heterocycles. The number of amides is 1. The second-order valence-electron chi connectivity index (χ2n) is 6.46. The molecular formula is C18H23N3O5S. The first kappa shape index (κ1) is 19.4. The highest BCUT2D eigenvalue weighted by atomic mass is 32.2. The Kier molecular flexibility index (Phi) is 5.52. The molecule has 3 rings (SSSR count). The number of carbonyl (C=O) groups excluding carboxylic acids is 1. The summed E-state index contributed by atoms with van der Waals surface area (Å²) in [7, 11) is -2.08. The highest BCUT2D eigenvalue weighted by molar-refractivity contribution is 7.89. The van der Waals surface area contributed by atoms with Gasteiger partial charge >= 0.3 is 0 Å². The summed E-state index contributed by atoms with van der Waals surface area (Å²) in [6, 6.07) is 7.34. The Morgan fingerprint density at radius 2 is 1.78 bits per heavy atom. The lowest BCUT2D eigenvalue weighted by atomic mass is 10.1. The van der Waals surface area contributed by atoms with E-state index in [4.69, 9.17) is 9.26 Å². The number of nitrogens with zero attached hydrogens (tertiary/aromatic N) is 3.